The smallest absolute Gasteiger partial charge is 0.309 e. The summed E-state index contributed by atoms with van der Waals surface area (Å²) in [5.41, 5.74) is 0. The van der Waals surface area contributed by atoms with Gasteiger partial charge in [0.15, 0.2) is 0 Å². The van der Waals surface area contributed by atoms with Crippen LogP contribution in [0, 0.1) is 23.7 Å². The van der Waals surface area contributed by atoms with E-state index in [4.69, 9.17) is 9.47 Å². The maximum Gasteiger partial charge on any atom is 0.309 e. The fourth-order valence-electron chi connectivity index (χ4n) is 4.97. The van der Waals surface area contributed by atoms with Gasteiger partial charge in [-0.2, -0.15) is 0 Å². The van der Waals surface area contributed by atoms with Crippen molar-refractivity contribution >= 4 is 11.9 Å². The van der Waals surface area contributed by atoms with Gasteiger partial charge in [0.2, 0.25) is 0 Å². The molecule has 0 saturated carbocycles. The Morgan fingerprint density at radius 2 is 1.03 bits per heavy atom. The zero-order chi connectivity index (χ0) is 27.0. The Hall–Kier alpha value is -1.06. The van der Waals surface area contributed by atoms with Gasteiger partial charge >= 0.3 is 11.9 Å². The standard InChI is InChI=1S/C32H62O4/c1-7-29(30(8-2)32(34)36-26-20-14-16-22-28(5)6)23-17-11-9-10-12-18-24-31(33)35-25-19-13-15-21-27(3)4/h27-30H,7-26H2,1-6H3. The van der Waals surface area contributed by atoms with Crippen molar-refractivity contribution in [3.63, 3.8) is 0 Å². The quantitative estimate of drug-likeness (QED) is 0.0906. The van der Waals surface area contributed by atoms with Crippen molar-refractivity contribution in [2.45, 2.75) is 157 Å². The van der Waals surface area contributed by atoms with Gasteiger partial charge < -0.3 is 9.47 Å². The molecule has 0 aliphatic heterocycles. The van der Waals surface area contributed by atoms with E-state index in [1.165, 1.54) is 51.4 Å². The zero-order valence-corrected chi connectivity index (χ0v) is 25.1. The minimum absolute atomic E-state index is 0.0238. The second-order valence-corrected chi connectivity index (χ2v) is 11.7. The molecular weight excluding hydrogens is 448 g/mol. The first kappa shape index (κ1) is 34.9. The van der Waals surface area contributed by atoms with E-state index in [1.54, 1.807) is 0 Å². The first-order valence-corrected chi connectivity index (χ1v) is 15.6. The monoisotopic (exact) mass is 510 g/mol. The van der Waals surface area contributed by atoms with Gasteiger partial charge in [-0.15, -0.1) is 0 Å². The lowest BCUT2D eigenvalue weighted by atomic mass is 9.84. The molecule has 0 aromatic carbocycles. The molecule has 36 heavy (non-hydrogen) atoms. The van der Waals surface area contributed by atoms with Crippen LogP contribution in [0.1, 0.15) is 157 Å². The van der Waals surface area contributed by atoms with Gasteiger partial charge in [0.05, 0.1) is 19.1 Å². The predicted molar refractivity (Wildman–Crippen MR) is 153 cm³/mol. The molecule has 0 radical (unpaired) electrons. The van der Waals surface area contributed by atoms with Crippen molar-refractivity contribution < 1.29 is 19.1 Å². The lowest BCUT2D eigenvalue weighted by Gasteiger charge is -2.23. The van der Waals surface area contributed by atoms with Crippen LogP contribution in [-0.4, -0.2) is 25.2 Å². The molecular formula is C32H62O4. The van der Waals surface area contributed by atoms with Crippen LogP contribution in [0.3, 0.4) is 0 Å². The summed E-state index contributed by atoms with van der Waals surface area (Å²) in [6, 6.07) is 0. The normalized spacial score (nSPS) is 13.2. The molecule has 0 amide bonds. The second-order valence-electron chi connectivity index (χ2n) is 11.7. The van der Waals surface area contributed by atoms with Crippen LogP contribution < -0.4 is 0 Å². The van der Waals surface area contributed by atoms with E-state index in [1.807, 2.05) is 0 Å². The largest absolute Gasteiger partial charge is 0.466 e. The minimum atomic E-state index is -0.0299. The third-order valence-electron chi connectivity index (χ3n) is 7.40. The third kappa shape index (κ3) is 21.1. The van der Waals surface area contributed by atoms with Gasteiger partial charge in [-0.3, -0.25) is 9.59 Å². The van der Waals surface area contributed by atoms with Crippen LogP contribution in [0.25, 0.3) is 0 Å². The molecule has 0 rings (SSSR count). The Morgan fingerprint density at radius 3 is 1.56 bits per heavy atom. The number of hydrogen-bond donors (Lipinski definition) is 0. The van der Waals surface area contributed by atoms with E-state index < -0.39 is 0 Å². The van der Waals surface area contributed by atoms with E-state index in [0.29, 0.717) is 25.6 Å². The summed E-state index contributed by atoms with van der Waals surface area (Å²) in [6.07, 6.45) is 19.7. The Bertz CT molecular complexity index is 514. The average Bonchev–Trinajstić information content (AvgIpc) is 2.83. The highest BCUT2D eigenvalue weighted by molar-refractivity contribution is 5.72. The number of ether oxygens (including phenoxy) is 2. The van der Waals surface area contributed by atoms with E-state index in [9.17, 15) is 9.59 Å². The molecule has 0 heterocycles. The highest BCUT2D eigenvalue weighted by Gasteiger charge is 2.26. The summed E-state index contributed by atoms with van der Waals surface area (Å²) in [5, 5.41) is 0. The van der Waals surface area contributed by atoms with E-state index in [-0.39, 0.29) is 17.9 Å². The van der Waals surface area contributed by atoms with Gasteiger partial charge in [-0.25, -0.2) is 0 Å². The Morgan fingerprint density at radius 1 is 0.556 bits per heavy atom. The molecule has 0 fully saturated rings. The third-order valence-corrected chi connectivity index (χ3v) is 7.40. The number of hydrogen-bond acceptors (Lipinski definition) is 4. The highest BCUT2D eigenvalue weighted by atomic mass is 16.5. The molecule has 0 aromatic rings. The maximum atomic E-state index is 12.7. The lowest BCUT2D eigenvalue weighted by molar-refractivity contribution is -0.151. The van der Waals surface area contributed by atoms with Crippen molar-refractivity contribution in [3.8, 4) is 0 Å². The van der Waals surface area contributed by atoms with Crippen LogP contribution in [0.2, 0.25) is 0 Å². The Balaban J connectivity index is 3.80. The topological polar surface area (TPSA) is 52.6 Å². The first-order chi connectivity index (χ1) is 17.3. The van der Waals surface area contributed by atoms with Crippen LogP contribution in [-0.2, 0) is 19.1 Å². The molecule has 0 aliphatic rings. The molecule has 0 aromatic heterocycles. The molecule has 2 unspecified atom stereocenters. The number of carbonyl (C=O) groups excluding carboxylic acids is 2. The fourth-order valence-corrected chi connectivity index (χ4v) is 4.97. The summed E-state index contributed by atoms with van der Waals surface area (Å²) in [6.45, 7) is 14.5. The summed E-state index contributed by atoms with van der Waals surface area (Å²) in [7, 11) is 0. The van der Waals surface area contributed by atoms with Crippen molar-refractivity contribution in [3.05, 3.63) is 0 Å². The lowest BCUT2D eigenvalue weighted by Crippen LogP contribution is -2.25. The van der Waals surface area contributed by atoms with Gasteiger partial charge in [0.1, 0.15) is 0 Å². The average molecular weight is 511 g/mol. The fraction of sp³-hybridized carbons (Fsp3) is 0.938. The Kier molecular flexibility index (Phi) is 23.6. The van der Waals surface area contributed by atoms with Crippen LogP contribution >= 0.6 is 0 Å². The van der Waals surface area contributed by atoms with Crippen molar-refractivity contribution in [2.75, 3.05) is 13.2 Å². The maximum absolute atomic E-state index is 12.7. The summed E-state index contributed by atoms with van der Waals surface area (Å²) < 4.78 is 11.0. The van der Waals surface area contributed by atoms with Crippen LogP contribution in [0.15, 0.2) is 0 Å². The zero-order valence-electron chi connectivity index (χ0n) is 25.1. The van der Waals surface area contributed by atoms with Gasteiger partial charge in [0, 0.05) is 6.42 Å². The predicted octanol–water partition coefficient (Wildman–Crippen LogP) is 9.68. The second kappa shape index (κ2) is 24.3. The summed E-state index contributed by atoms with van der Waals surface area (Å²) >= 11 is 0. The van der Waals surface area contributed by atoms with Gasteiger partial charge in [0.25, 0.3) is 0 Å². The SMILES string of the molecule is CCC(CCCCCCCCC(=O)OCCCCCC(C)C)C(CC)C(=O)OCCCCCC(C)C. The van der Waals surface area contributed by atoms with Crippen molar-refractivity contribution in [2.24, 2.45) is 23.7 Å². The van der Waals surface area contributed by atoms with E-state index >= 15 is 0 Å². The van der Waals surface area contributed by atoms with Crippen molar-refractivity contribution in [1.82, 2.24) is 0 Å². The first-order valence-electron chi connectivity index (χ1n) is 15.6. The molecule has 4 nitrogen and oxygen atoms in total. The van der Waals surface area contributed by atoms with Crippen molar-refractivity contribution in [1.29, 1.82) is 0 Å². The summed E-state index contributed by atoms with van der Waals surface area (Å²) in [5.74, 6) is 1.99. The van der Waals surface area contributed by atoms with Gasteiger partial charge in [-0.1, -0.05) is 119 Å². The molecule has 4 heteroatoms. The molecule has 0 saturated heterocycles. The Labute approximate surface area is 225 Å². The molecule has 2 atom stereocenters. The van der Waals surface area contributed by atoms with E-state index in [2.05, 4.69) is 41.5 Å². The number of rotatable bonds is 25. The molecule has 0 N–H and O–H groups in total. The molecule has 0 spiro atoms. The van der Waals surface area contributed by atoms with E-state index in [0.717, 1.165) is 69.6 Å². The number of carbonyl (C=O) groups is 2. The van der Waals surface area contributed by atoms with Crippen LogP contribution in [0.5, 0.6) is 0 Å². The number of unbranched alkanes of at least 4 members (excludes halogenated alkanes) is 9. The highest BCUT2D eigenvalue weighted by Crippen LogP contribution is 2.27. The number of esters is 2. The summed E-state index contributed by atoms with van der Waals surface area (Å²) in [4.78, 5) is 24.5. The van der Waals surface area contributed by atoms with Crippen LogP contribution in [0.4, 0.5) is 0 Å². The minimum Gasteiger partial charge on any atom is -0.466 e. The molecule has 0 bridgehead atoms. The molecule has 214 valence electrons. The molecule has 0 aliphatic carbocycles. The van der Waals surface area contributed by atoms with Gasteiger partial charge in [-0.05, 0) is 49.9 Å².